The van der Waals surface area contributed by atoms with Crippen LogP contribution in [0.4, 0.5) is 0 Å². The topological polar surface area (TPSA) is 160 Å². The maximum atomic E-state index is 11.7. The molecular weight excluding hydrogens is 968 g/mol. The van der Waals surface area contributed by atoms with Crippen molar-refractivity contribution in [2.24, 2.45) is 0 Å². The third-order valence-electron chi connectivity index (χ3n) is 12.9. The lowest BCUT2D eigenvalue weighted by atomic mass is 9.98. The van der Waals surface area contributed by atoms with E-state index in [9.17, 15) is 9.90 Å². The van der Waals surface area contributed by atoms with Crippen LogP contribution in [0.5, 0.6) is 0 Å². The van der Waals surface area contributed by atoms with Crippen molar-refractivity contribution >= 4 is 29.5 Å². The van der Waals surface area contributed by atoms with Gasteiger partial charge in [-0.1, -0.05) is 208 Å². The number of aromatic nitrogens is 12. The van der Waals surface area contributed by atoms with Crippen molar-refractivity contribution in [2.75, 3.05) is 0 Å². The maximum Gasteiger partial charge on any atom is 0.182 e. The van der Waals surface area contributed by atoms with Crippen LogP contribution in [0.3, 0.4) is 0 Å². The van der Waals surface area contributed by atoms with Crippen molar-refractivity contribution in [3.05, 3.63) is 213 Å². The van der Waals surface area contributed by atoms with Gasteiger partial charge in [-0.2, -0.15) is 0 Å². The number of aliphatic hydroxyl groups is 1. The van der Waals surface area contributed by atoms with Crippen molar-refractivity contribution in [1.29, 1.82) is 0 Å². The van der Waals surface area contributed by atoms with E-state index in [0.717, 1.165) is 118 Å². The quantitative estimate of drug-likeness (QED) is 0.0728. The number of aryl methyl sites for hydroxylation is 2. The van der Waals surface area contributed by atoms with E-state index in [0.29, 0.717) is 48.5 Å². The molecule has 0 atom stereocenters. The highest BCUT2D eigenvalue weighted by Crippen LogP contribution is 2.33. The molecule has 4 heterocycles. The van der Waals surface area contributed by atoms with Gasteiger partial charge >= 0.3 is 0 Å². The summed E-state index contributed by atoms with van der Waals surface area (Å²) in [6.45, 7) is 6.46. The molecule has 14 nitrogen and oxygen atoms in total. The monoisotopic (exact) mass is 1020 g/mol. The minimum absolute atomic E-state index is 0.138. The van der Waals surface area contributed by atoms with Crippen molar-refractivity contribution in [2.45, 2.75) is 85.2 Å². The fourth-order valence-corrected chi connectivity index (χ4v) is 9.49. The average Bonchev–Trinajstić information content (AvgIpc) is 4.24. The number of halogens is 2. The van der Waals surface area contributed by atoms with Crippen LogP contribution in [0.2, 0.25) is 10.3 Å². The molecule has 16 heteroatoms. The molecule has 0 amide bonds. The van der Waals surface area contributed by atoms with E-state index in [1.165, 1.54) is 0 Å². The van der Waals surface area contributed by atoms with Gasteiger partial charge < -0.3 is 14.2 Å². The first-order valence-corrected chi connectivity index (χ1v) is 25.6. The number of tetrazole rings is 2. The van der Waals surface area contributed by atoms with Gasteiger partial charge in [0, 0.05) is 37.1 Å². The lowest BCUT2D eigenvalue weighted by Crippen LogP contribution is -2.09. The van der Waals surface area contributed by atoms with Gasteiger partial charge in [-0.3, -0.25) is 4.79 Å². The Bertz CT molecular complexity index is 3400. The van der Waals surface area contributed by atoms with Crippen molar-refractivity contribution in [3.63, 3.8) is 0 Å². The minimum atomic E-state index is -0.138. The summed E-state index contributed by atoms with van der Waals surface area (Å²) in [7, 11) is 0. The van der Waals surface area contributed by atoms with E-state index in [2.05, 4.69) is 146 Å². The smallest absolute Gasteiger partial charge is 0.182 e. The fourth-order valence-electron chi connectivity index (χ4n) is 8.99. The second-order valence-corrected chi connectivity index (χ2v) is 18.6. The Hall–Kier alpha value is -7.91. The van der Waals surface area contributed by atoms with E-state index in [-0.39, 0.29) is 11.8 Å². The summed E-state index contributed by atoms with van der Waals surface area (Å²) < 4.78 is 7.62. The number of nitrogens with zero attached hydrogens (tertiary/aromatic N) is 12. The first-order chi connectivity index (χ1) is 36.3. The van der Waals surface area contributed by atoms with Crippen LogP contribution in [0.15, 0.2) is 158 Å². The van der Waals surface area contributed by atoms with Crippen molar-refractivity contribution in [3.8, 4) is 45.0 Å². The number of aldehydes is 1. The van der Waals surface area contributed by atoms with Crippen LogP contribution in [0.1, 0.15) is 89.6 Å². The number of unbranched alkanes of at least 4 members (excludes halogenated alkanes) is 2. The third-order valence-corrected chi connectivity index (χ3v) is 13.5. The van der Waals surface area contributed by atoms with Gasteiger partial charge in [0.05, 0.1) is 25.4 Å². The Morgan fingerprint density at radius 3 is 1.34 bits per heavy atom. The number of carbonyl (C=O) groups is 1. The highest BCUT2D eigenvalue weighted by Gasteiger charge is 2.20. The Morgan fingerprint density at radius 1 is 0.486 bits per heavy atom. The molecule has 0 saturated heterocycles. The standard InChI is InChI=1S/C29H29ClN6O.C29H27ClN6O/c2*1-2-3-13-27-31-28(30)26(20-37)35(27)18-22-14-16-23(17-15-22)24-11-7-8-12-25(24)29-32-33-34-36(29)19-21-9-5-4-6-10-21/h4-12,14-17,37H,2-3,13,18-20H2,1H3;4-12,14-17,20H,2-3,13,18-19H2,1H3. The second-order valence-electron chi connectivity index (χ2n) is 17.9. The summed E-state index contributed by atoms with van der Waals surface area (Å²) in [5.41, 5.74) is 11.7. The predicted molar refractivity (Wildman–Crippen MR) is 290 cm³/mol. The zero-order chi connectivity index (χ0) is 51.2. The van der Waals surface area contributed by atoms with Crippen molar-refractivity contribution < 1.29 is 9.90 Å². The largest absolute Gasteiger partial charge is 0.390 e. The lowest BCUT2D eigenvalue weighted by Gasteiger charge is -2.13. The molecule has 10 rings (SSSR count). The van der Waals surface area contributed by atoms with E-state index >= 15 is 0 Å². The third kappa shape index (κ3) is 12.0. The van der Waals surface area contributed by atoms with E-state index in [4.69, 9.17) is 23.2 Å². The van der Waals surface area contributed by atoms with Gasteiger partial charge in [0.15, 0.2) is 28.2 Å². The van der Waals surface area contributed by atoms with Crippen LogP contribution in [0, 0.1) is 0 Å². The molecule has 0 saturated carbocycles. The van der Waals surface area contributed by atoms with Crippen LogP contribution in [0.25, 0.3) is 45.0 Å². The van der Waals surface area contributed by atoms with Gasteiger partial charge in [-0.25, -0.2) is 19.3 Å². The first-order valence-electron chi connectivity index (χ1n) is 24.9. The molecule has 6 aromatic carbocycles. The second kappa shape index (κ2) is 24.7. The fraction of sp³-hybridized carbons (Fsp3) is 0.224. The van der Waals surface area contributed by atoms with Gasteiger partial charge in [-0.15, -0.1) is 10.2 Å². The van der Waals surface area contributed by atoms with Crippen LogP contribution >= 0.6 is 23.2 Å². The molecule has 74 heavy (non-hydrogen) atoms. The maximum absolute atomic E-state index is 11.7. The number of rotatable bonds is 20. The number of imidazole rings is 2. The Morgan fingerprint density at radius 2 is 0.892 bits per heavy atom. The molecule has 0 unspecified atom stereocenters. The highest BCUT2D eigenvalue weighted by molar-refractivity contribution is 6.31. The number of carbonyl (C=O) groups excluding carboxylic acids is 1. The molecule has 4 aromatic heterocycles. The van der Waals surface area contributed by atoms with E-state index in [1.54, 1.807) is 0 Å². The number of hydrogen-bond donors (Lipinski definition) is 1. The van der Waals surface area contributed by atoms with Gasteiger partial charge in [0.2, 0.25) is 0 Å². The molecule has 0 aliphatic carbocycles. The zero-order valence-electron chi connectivity index (χ0n) is 41.3. The summed E-state index contributed by atoms with van der Waals surface area (Å²) in [6, 6.07) is 53.4. The van der Waals surface area contributed by atoms with Gasteiger partial charge in [0.1, 0.15) is 17.3 Å². The van der Waals surface area contributed by atoms with Gasteiger partial charge in [-0.05, 0) is 78.2 Å². The van der Waals surface area contributed by atoms with Crippen LogP contribution in [-0.4, -0.2) is 70.9 Å². The summed E-state index contributed by atoms with van der Waals surface area (Å²) in [6.07, 6.45) is 6.54. The van der Waals surface area contributed by atoms with Gasteiger partial charge in [0.25, 0.3) is 0 Å². The highest BCUT2D eigenvalue weighted by atomic mass is 35.5. The molecule has 0 fully saturated rings. The number of benzene rings is 6. The SMILES string of the molecule is CCCCc1nc(Cl)c(C=O)n1Cc1ccc(-c2ccccc2-c2nnnn2Cc2ccccc2)cc1.CCCCc1nc(Cl)c(CO)n1Cc1ccc(-c2ccccc2-c2nnnn2Cc2ccccc2)cc1. The minimum Gasteiger partial charge on any atom is -0.390 e. The first kappa shape index (κ1) is 51.0. The molecule has 0 aliphatic heterocycles. The number of aliphatic hydroxyl groups excluding tert-OH is 1. The predicted octanol–water partition coefficient (Wildman–Crippen LogP) is 11.9. The summed E-state index contributed by atoms with van der Waals surface area (Å²) in [5, 5.41) is 35.6. The zero-order valence-corrected chi connectivity index (χ0v) is 42.9. The number of hydrogen-bond acceptors (Lipinski definition) is 10. The van der Waals surface area contributed by atoms with Crippen LogP contribution < -0.4 is 0 Å². The lowest BCUT2D eigenvalue weighted by molar-refractivity contribution is 0.111. The summed E-state index contributed by atoms with van der Waals surface area (Å²) >= 11 is 12.6. The molecule has 1 N–H and O–H groups in total. The molecular formula is C58H56Cl2N12O2. The molecule has 374 valence electrons. The molecule has 0 aliphatic rings. The Balaban J connectivity index is 0.000000182. The van der Waals surface area contributed by atoms with E-state index in [1.807, 2.05) is 85.2 Å². The Kier molecular flexibility index (Phi) is 17.0. The summed E-state index contributed by atoms with van der Waals surface area (Å²) in [5.74, 6) is 3.20. The Labute approximate surface area is 440 Å². The molecule has 10 aromatic rings. The van der Waals surface area contributed by atoms with E-state index < -0.39 is 0 Å². The summed E-state index contributed by atoms with van der Waals surface area (Å²) in [4.78, 5) is 20.6. The normalized spacial score (nSPS) is 11.1. The average molecular weight is 1020 g/mol. The van der Waals surface area contributed by atoms with Crippen molar-refractivity contribution in [1.82, 2.24) is 59.5 Å². The molecule has 0 spiro atoms. The molecule has 0 bridgehead atoms. The van der Waals surface area contributed by atoms with Crippen LogP contribution in [-0.2, 0) is 45.6 Å². The molecule has 0 radical (unpaired) electrons.